The molecule has 0 aliphatic carbocycles. The first-order chi connectivity index (χ1) is 6.82. The average molecular weight is 214 g/mol. The molecule has 0 amide bonds. The van der Waals surface area contributed by atoms with Gasteiger partial charge in [-0.3, -0.25) is 0 Å². The first-order valence-electron chi connectivity index (χ1n) is 5.86. The summed E-state index contributed by atoms with van der Waals surface area (Å²) in [6.45, 7) is 11.7. The molecule has 15 heavy (non-hydrogen) atoms. The van der Waals surface area contributed by atoms with Crippen LogP contribution in [-0.4, -0.2) is 43.8 Å². The van der Waals surface area contributed by atoms with Gasteiger partial charge in [-0.15, -0.1) is 0 Å². The van der Waals surface area contributed by atoms with Crippen LogP contribution in [0.3, 0.4) is 0 Å². The Bertz CT molecular complexity index is 200. The van der Waals surface area contributed by atoms with Crippen molar-refractivity contribution in [2.24, 2.45) is 17.1 Å². The number of hydrogen-bond donors (Lipinski definition) is 1. The molecule has 0 aromatic heterocycles. The van der Waals surface area contributed by atoms with Crippen molar-refractivity contribution in [3.63, 3.8) is 0 Å². The van der Waals surface area contributed by atoms with Gasteiger partial charge >= 0.3 is 0 Å². The molecule has 3 unspecified atom stereocenters. The van der Waals surface area contributed by atoms with Crippen LogP contribution in [0.1, 0.15) is 27.7 Å². The van der Waals surface area contributed by atoms with Gasteiger partial charge in [0.1, 0.15) is 0 Å². The zero-order valence-corrected chi connectivity index (χ0v) is 10.8. The van der Waals surface area contributed by atoms with Crippen molar-refractivity contribution in [1.29, 1.82) is 0 Å². The third-order valence-corrected chi connectivity index (χ3v) is 3.68. The maximum atomic E-state index is 5.98. The van der Waals surface area contributed by atoms with Gasteiger partial charge in [-0.25, -0.2) is 0 Å². The van der Waals surface area contributed by atoms with Crippen molar-refractivity contribution in [2.75, 3.05) is 26.8 Å². The van der Waals surface area contributed by atoms with Crippen LogP contribution in [0.15, 0.2) is 0 Å². The summed E-state index contributed by atoms with van der Waals surface area (Å²) in [6, 6.07) is 0.782. The van der Waals surface area contributed by atoms with Gasteiger partial charge in [-0.05, 0) is 19.4 Å². The average Bonchev–Trinajstić information content (AvgIpc) is 2.49. The molecule has 0 saturated carbocycles. The van der Waals surface area contributed by atoms with E-state index in [2.05, 4.69) is 39.6 Å². The number of ether oxygens (including phenoxy) is 1. The monoisotopic (exact) mass is 214 g/mol. The molecule has 1 saturated heterocycles. The van der Waals surface area contributed by atoms with Crippen molar-refractivity contribution in [3.05, 3.63) is 0 Å². The largest absolute Gasteiger partial charge is 0.379 e. The standard InChI is InChI=1S/C12H26N2O/c1-9(12(2,3)4)14(5)6-10-7-15-8-11(10)13/h9-11H,6-8,13H2,1-5H3. The summed E-state index contributed by atoms with van der Waals surface area (Å²) in [5.41, 5.74) is 6.30. The first-order valence-corrected chi connectivity index (χ1v) is 5.86. The summed E-state index contributed by atoms with van der Waals surface area (Å²) in [5.74, 6) is 0.500. The van der Waals surface area contributed by atoms with Gasteiger partial charge in [0.15, 0.2) is 0 Å². The number of hydrogen-bond acceptors (Lipinski definition) is 3. The minimum atomic E-state index is 0.222. The zero-order valence-electron chi connectivity index (χ0n) is 10.8. The topological polar surface area (TPSA) is 38.5 Å². The molecular formula is C12H26N2O. The minimum absolute atomic E-state index is 0.222. The highest BCUT2D eigenvalue weighted by atomic mass is 16.5. The van der Waals surface area contributed by atoms with Crippen molar-refractivity contribution in [1.82, 2.24) is 4.90 Å². The van der Waals surface area contributed by atoms with E-state index >= 15 is 0 Å². The highest BCUT2D eigenvalue weighted by molar-refractivity contribution is 4.84. The Kier molecular flexibility index (Phi) is 4.15. The molecule has 1 aliphatic heterocycles. The van der Waals surface area contributed by atoms with Crippen molar-refractivity contribution >= 4 is 0 Å². The maximum Gasteiger partial charge on any atom is 0.0621 e. The molecule has 0 aromatic carbocycles. The Morgan fingerprint density at radius 3 is 2.40 bits per heavy atom. The Morgan fingerprint density at radius 1 is 1.40 bits per heavy atom. The molecule has 0 aromatic rings. The Hall–Kier alpha value is -0.120. The van der Waals surface area contributed by atoms with Crippen LogP contribution in [0.25, 0.3) is 0 Å². The van der Waals surface area contributed by atoms with Crippen LogP contribution in [0, 0.1) is 11.3 Å². The second kappa shape index (κ2) is 4.81. The Labute approximate surface area is 94.0 Å². The highest BCUT2D eigenvalue weighted by Crippen LogP contribution is 2.24. The summed E-state index contributed by atoms with van der Waals surface area (Å²) in [4.78, 5) is 2.40. The van der Waals surface area contributed by atoms with Gasteiger partial charge < -0.3 is 15.4 Å². The summed E-state index contributed by atoms with van der Waals surface area (Å²) >= 11 is 0. The van der Waals surface area contributed by atoms with E-state index in [9.17, 15) is 0 Å². The SMILES string of the molecule is CC(N(C)CC1COCC1N)C(C)(C)C. The van der Waals surface area contributed by atoms with E-state index in [1.807, 2.05) is 0 Å². The normalized spacial score (nSPS) is 29.8. The highest BCUT2D eigenvalue weighted by Gasteiger charge is 2.30. The quantitative estimate of drug-likeness (QED) is 0.770. The van der Waals surface area contributed by atoms with Crippen LogP contribution >= 0.6 is 0 Å². The molecule has 90 valence electrons. The predicted molar refractivity (Wildman–Crippen MR) is 63.8 cm³/mol. The van der Waals surface area contributed by atoms with E-state index in [-0.39, 0.29) is 6.04 Å². The molecule has 1 rings (SSSR count). The summed E-state index contributed by atoms with van der Waals surface area (Å²) in [7, 11) is 2.18. The van der Waals surface area contributed by atoms with E-state index in [1.54, 1.807) is 0 Å². The van der Waals surface area contributed by atoms with Gasteiger partial charge in [0, 0.05) is 24.5 Å². The second-order valence-electron chi connectivity index (χ2n) is 5.94. The molecule has 1 heterocycles. The lowest BCUT2D eigenvalue weighted by atomic mass is 9.86. The van der Waals surface area contributed by atoms with Crippen LogP contribution in [-0.2, 0) is 4.74 Å². The molecule has 1 aliphatic rings. The second-order valence-corrected chi connectivity index (χ2v) is 5.94. The van der Waals surface area contributed by atoms with Gasteiger partial charge in [-0.1, -0.05) is 20.8 Å². The summed E-state index contributed by atoms with van der Waals surface area (Å²) in [5, 5.41) is 0. The van der Waals surface area contributed by atoms with Crippen LogP contribution in [0.2, 0.25) is 0 Å². The molecule has 0 bridgehead atoms. The van der Waals surface area contributed by atoms with Gasteiger partial charge in [0.2, 0.25) is 0 Å². The van der Waals surface area contributed by atoms with E-state index in [4.69, 9.17) is 10.5 Å². The van der Waals surface area contributed by atoms with Gasteiger partial charge in [-0.2, -0.15) is 0 Å². The van der Waals surface area contributed by atoms with Gasteiger partial charge in [0.25, 0.3) is 0 Å². The predicted octanol–water partition coefficient (Wildman–Crippen LogP) is 1.33. The van der Waals surface area contributed by atoms with Crippen molar-refractivity contribution < 1.29 is 4.74 Å². The van der Waals surface area contributed by atoms with E-state index in [0.29, 0.717) is 17.4 Å². The third-order valence-electron chi connectivity index (χ3n) is 3.68. The minimum Gasteiger partial charge on any atom is -0.379 e. The number of nitrogens with two attached hydrogens (primary N) is 1. The van der Waals surface area contributed by atoms with Gasteiger partial charge in [0.05, 0.1) is 13.2 Å². The smallest absolute Gasteiger partial charge is 0.0621 e. The van der Waals surface area contributed by atoms with E-state index in [0.717, 1.165) is 19.8 Å². The fourth-order valence-corrected chi connectivity index (χ4v) is 1.99. The molecule has 3 nitrogen and oxygen atoms in total. The molecule has 0 spiro atoms. The lowest BCUT2D eigenvalue weighted by Crippen LogP contribution is -2.45. The summed E-state index contributed by atoms with van der Waals surface area (Å²) in [6.07, 6.45) is 0. The molecule has 3 heteroatoms. The molecule has 3 atom stereocenters. The fraction of sp³-hybridized carbons (Fsp3) is 1.00. The number of rotatable bonds is 3. The molecule has 2 N–H and O–H groups in total. The Balaban J connectivity index is 2.44. The number of nitrogens with zero attached hydrogens (tertiary/aromatic N) is 1. The van der Waals surface area contributed by atoms with Crippen LogP contribution < -0.4 is 5.73 Å². The van der Waals surface area contributed by atoms with Crippen molar-refractivity contribution in [2.45, 2.75) is 39.8 Å². The lowest BCUT2D eigenvalue weighted by Gasteiger charge is -2.37. The van der Waals surface area contributed by atoms with Crippen molar-refractivity contribution in [3.8, 4) is 0 Å². The van der Waals surface area contributed by atoms with E-state index in [1.165, 1.54) is 0 Å². The van der Waals surface area contributed by atoms with E-state index < -0.39 is 0 Å². The zero-order chi connectivity index (χ0) is 11.6. The third kappa shape index (κ3) is 3.44. The van der Waals surface area contributed by atoms with Crippen LogP contribution in [0.5, 0.6) is 0 Å². The fourth-order valence-electron chi connectivity index (χ4n) is 1.99. The molecule has 0 radical (unpaired) electrons. The maximum absolute atomic E-state index is 5.98. The molecule has 1 fully saturated rings. The molecular weight excluding hydrogens is 188 g/mol. The van der Waals surface area contributed by atoms with Crippen LogP contribution in [0.4, 0.5) is 0 Å². The summed E-state index contributed by atoms with van der Waals surface area (Å²) < 4.78 is 5.38. The lowest BCUT2D eigenvalue weighted by molar-refractivity contribution is 0.113. The Morgan fingerprint density at radius 2 is 2.00 bits per heavy atom. The first kappa shape index (κ1) is 12.9.